The fourth-order valence-corrected chi connectivity index (χ4v) is 2.70. The van der Waals surface area contributed by atoms with Gasteiger partial charge in [-0.05, 0) is 49.4 Å². The highest BCUT2D eigenvalue weighted by Gasteiger charge is 2.16. The van der Waals surface area contributed by atoms with Crippen LogP contribution in [0.2, 0.25) is 0 Å². The van der Waals surface area contributed by atoms with Crippen LogP contribution >= 0.6 is 0 Å². The van der Waals surface area contributed by atoms with E-state index in [-0.39, 0.29) is 6.79 Å². The van der Waals surface area contributed by atoms with Gasteiger partial charge in [0.1, 0.15) is 17.2 Å². The van der Waals surface area contributed by atoms with Gasteiger partial charge in [0.15, 0.2) is 11.5 Å². The molecule has 1 heterocycles. The Morgan fingerprint density at radius 2 is 1.52 bits per heavy atom. The minimum Gasteiger partial charge on any atom is -0.496 e. The molecule has 0 saturated heterocycles. The molecule has 5 nitrogen and oxygen atoms in total. The molecule has 136 valence electrons. The van der Waals surface area contributed by atoms with E-state index in [1.165, 1.54) is 5.56 Å². The van der Waals surface area contributed by atoms with Crippen LogP contribution in [-0.2, 0) is 0 Å². The first kappa shape index (κ1) is 17.0. The number of hydrogen-bond acceptors (Lipinski definition) is 5. The number of nitrogens with zero attached hydrogens (tertiary/aromatic N) is 1. The van der Waals surface area contributed by atoms with Gasteiger partial charge in [-0.2, -0.15) is 0 Å². The van der Waals surface area contributed by atoms with E-state index >= 15 is 0 Å². The van der Waals surface area contributed by atoms with Crippen molar-refractivity contribution in [1.29, 1.82) is 0 Å². The second kappa shape index (κ2) is 7.41. The van der Waals surface area contributed by atoms with Crippen molar-refractivity contribution in [3.05, 3.63) is 71.8 Å². The number of fused-ring (bicyclic) bond motifs is 1. The van der Waals surface area contributed by atoms with Crippen LogP contribution in [0.5, 0.6) is 28.7 Å². The third kappa shape index (κ3) is 3.87. The number of rotatable bonds is 5. The van der Waals surface area contributed by atoms with Gasteiger partial charge in [-0.1, -0.05) is 17.7 Å². The molecule has 3 aromatic carbocycles. The van der Waals surface area contributed by atoms with E-state index in [9.17, 15) is 0 Å². The van der Waals surface area contributed by atoms with Gasteiger partial charge in [0.05, 0.1) is 12.8 Å². The molecule has 27 heavy (non-hydrogen) atoms. The van der Waals surface area contributed by atoms with Crippen LogP contribution in [0.3, 0.4) is 0 Å². The van der Waals surface area contributed by atoms with Crippen molar-refractivity contribution in [2.24, 2.45) is 4.99 Å². The Kier molecular flexibility index (Phi) is 4.66. The summed E-state index contributed by atoms with van der Waals surface area (Å²) in [5.74, 6) is 3.63. The maximum atomic E-state index is 5.84. The minimum atomic E-state index is 0.224. The van der Waals surface area contributed by atoms with Gasteiger partial charge < -0.3 is 18.9 Å². The van der Waals surface area contributed by atoms with Gasteiger partial charge in [-0.15, -0.1) is 0 Å². The molecule has 0 fully saturated rings. The Hall–Kier alpha value is -3.47. The van der Waals surface area contributed by atoms with E-state index in [0.717, 1.165) is 22.7 Å². The number of methoxy groups -OCH3 is 1. The van der Waals surface area contributed by atoms with Crippen molar-refractivity contribution >= 4 is 11.9 Å². The summed E-state index contributed by atoms with van der Waals surface area (Å²) in [6, 6.07) is 19.2. The molecule has 0 aliphatic carbocycles. The maximum absolute atomic E-state index is 5.84. The monoisotopic (exact) mass is 361 g/mol. The SMILES string of the molecule is COc1cc2c(cc1C=Nc1ccc(Oc3ccc(C)cc3)cc1)OCO2. The van der Waals surface area contributed by atoms with Crippen molar-refractivity contribution in [1.82, 2.24) is 0 Å². The lowest BCUT2D eigenvalue weighted by Gasteiger charge is -2.07. The highest BCUT2D eigenvalue weighted by molar-refractivity contribution is 5.87. The summed E-state index contributed by atoms with van der Waals surface area (Å²) >= 11 is 0. The van der Waals surface area contributed by atoms with E-state index in [4.69, 9.17) is 18.9 Å². The van der Waals surface area contributed by atoms with Crippen molar-refractivity contribution in [3.63, 3.8) is 0 Å². The number of aliphatic imine (C=N–C) groups is 1. The molecule has 0 atom stereocenters. The lowest BCUT2D eigenvalue weighted by atomic mass is 10.2. The average Bonchev–Trinajstić information content (AvgIpc) is 3.15. The Bertz CT molecular complexity index is 963. The normalized spacial score (nSPS) is 12.4. The van der Waals surface area contributed by atoms with Crippen molar-refractivity contribution < 1.29 is 18.9 Å². The average molecular weight is 361 g/mol. The lowest BCUT2D eigenvalue weighted by Crippen LogP contribution is -1.92. The predicted octanol–water partition coefficient (Wildman–Crippen LogP) is 5.28. The number of hydrogen-bond donors (Lipinski definition) is 0. The molecule has 0 saturated carbocycles. The summed E-state index contributed by atoms with van der Waals surface area (Å²) in [5, 5.41) is 0. The summed E-state index contributed by atoms with van der Waals surface area (Å²) < 4.78 is 22.0. The molecule has 5 heteroatoms. The number of benzene rings is 3. The minimum absolute atomic E-state index is 0.224. The number of ether oxygens (including phenoxy) is 4. The third-order valence-electron chi connectivity index (χ3n) is 4.17. The highest BCUT2D eigenvalue weighted by atomic mass is 16.7. The van der Waals surface area contributed by atoms with E-state index < -0.39 is 0 Å². The van der Waals surface area contributed by atoms with Gasteiger partial charge in [0, 0.05) is 17.8 Å². The molecule has 3 aromatic rings. The van der Waals surface area contributed by atoms with Gasteiger partial charge in [-0.25, -0.2) is 0 Å². The van der Waals surface area contributed by atoms with Crippen LogP contribution in [0, 0.1) is 6.92 Å². The Labute approximate surface area is 157 Å². The second-order valence-electron chi connectivity index (χ2n) is 6.11. The van der Waals surface area contributed by atoms with E-state index in [1.807, 2.05) is 67.6 Å². The molecule has 0 amide bonds. The van der Waals surface area contributed by atoms with E-state index in [1.54, 1.807) is 13.3 Å². The maximum Gasteiger partial charge on any atom is 0.231 e. The van der Waals surface area contributed by atoms with E-state index in [2.05, 4.69) is 4.99 Å². The molecule has 4 rings (SSSR count). The first-order valence-corrected chi connectivity index (χ1v) is 8.57. The van der Waals surface area contributed by atoms with Crippen molar-refractivity contribution in [2.45, 2.75) is 6.92 Å². The molecule has 1 aliphatic heterocycles. The molecule has 0 N–H and O–H groups in total. The van der Waals surface area contributed by atoms with E-state index in [0.29, 0.717) is 17.2 Å². The van der Waals surface area contributed by atoms with Crippen LogP contribution in [0.4, 0.5) is 5.69 Å². The summed E-state index contributed by atoms with van der Waals surface area (Å²) in [7, 11) is 1.62. The molecule has 0 unspecified atom stereocenters. The fraction of sp³-hybridized carbons (Fsp3) is 0.136. The smallest absolute Gasteiger partial charge is 0.231 e. The summed E-state index contributed by atoms with van der Waals surface area (Å²) in [6.45, 7) is 2.27. The Morgan fingerprint density at radius 3 is 2.19 bits per heavy atom. The van der Waals surface area contributed by atoms with Crippen molar-refractivity contribution in [3.8, 4) is 28.7 Å². The van der Waals surface area contributed by atoms with Crippen LogP contribution in [0.25, 0.3) is 0 Å². The molecule has 0 radical (unpaired) electrons. The largest absolute Gasteiger partial charge is 0.496 e. The summed E-state index contributed by atoms with van der Waals surface area (Å²) in [5.41, 5.74) is 2.83. The zero-order chi connectivity index (χ0) is 18.6. The molecular formula is C22H19NO4. The quantitative estimate of drug-likeness (QED) is 0.581. The standard InChI is InChI=1S/C22H19NO4/c1-15-3-7-18(8-4-15)27-19-9-5-17(6-10-19)23-13-16-11-21-22(26-14-25-21)12-20(16)24-2/h3-13H,14H2,1-2H3. The van der Waals surface area contributed by atoms with Crippen LogP contribution in [0.1, 0.15) is 11.1 Å². The van der Waals surface area contributed by atoms with Gasteiger partial charge >= 0.3 is 0 Å². The van der Waals surface area contributed by atoms with Gasteiger partial charge in [0.25, 0.3) is 0 Å². The molecule has 0 aromatic heterocycles. The number of aryl methyl sites for hydroxylation is 1. The highest BCUT2D eigenvalue weighted by Crippen LogP contribution is 2.37. The third-order valence-corrected chi connectivity index (χ3v) is 4.17. The Balaban J connectivity index is 1.49. The lowest BCUT2D eigenvalue weighted by molar-refractivity contribution is 0.174. The van der Waals surface area contributed by atoms with Gasteiger partial charge in [-0.3, -0.25) is 4.99 Å². The molecular weight excluding hydrogens is 342 g/mol. The topological polar surface area (TPSA) is 49.3 Å². The zero-order valence-electron chi connectivity index (χ0n) is 15.1. The Morgan fingerprint density at radius 1 is 0.889 bits per heavy atom. The zero-order valence-corrected chi connectivity index (χ0v) is 15.1. The van der Waals surface area contributed by atoms with Crippen molar-refractivity contribution in [2.75, 3.05) is 13.9 Å². The second-order valence-corrected chi connectivity index (χ2v) is 6.11. The van der Waals surface area contributed by atoms with Crippen LogP contribution in [0.15, 0.2) is 65.7 Å². The summed E-state index contributed by atoms with van der Waals surface area (Å²) in [4.78, 5) is 4.51. The van der Waals surface area contributed by atoms with Crippen LogP contribution < -0.4 is 18.9 Å². The molecule has 0 bridgehead atoms. The molecule has 0 spiro atoms. The first-order valence-electron chi connectivity index (χ1n) is 8.57. The predicted molar refractivity (Wildman–Crippen MR) is 104 cm³/mol. The van der Waals surface area contributed by atoms with Gasteiger partial charge in [0.2, 0.25) is 6.79 Å². The fourth-order valence-electron chi connectivity index (χ4n) is 2.70. The molecule has 1 aliphatic rings. The summed E-state index contributed by atoms with van der Waals surface area (Å²) in [6.07, 6.45) is 1.75. The van der Waals surface area contributed by atoms with Crippen LogP contribution in [-0.4, -0.2) is 20.1 Å². The first-order chi connectivity index (χ1) is 13.2.